The van der Waals surface area contributed by atoms with Crippen LogP contribution in [0.1, 0.15) is 0 Å². The number of hydrogen-bond donors (Lipinski definition) is 2. The predicted octanol–water partition coefficient (Wildman–Crippen LogP) is 0.506. The summed E-state index contributed by atoms with van der Waals surface area (Å²) in [6.07, 6.45) is 0. The Hall–Kier alpha value is -1.08. The Kier molecular flexibility index (Phi) is 3.22. The van der Waals surface area contributed by atoms with Gasteiger partial charge < -0.3 is 0 Å². The first kappa shape index (κ1) is 10.4. The van der Waals surface area contributed by atoms with Gasteiger partial charge in [0.25, 0.3) is 0 Å². The fraction of sp³-hybridized carbons (Fsp3) is 0. The maximum absolute atomic E-state index is 5.75. The van der Waals surface area contributed by atoms with E-state index in [1.165, 1.54) is 6.54 Å². The van der Waals surface area contributed by atoms with Crippen molar-refractivity contribution in [3.05, 3.63) is 48.5 Å². The van der Waals surface area contributed by atoms with Crippen LogP contribution in [0.4, 0.5) is 11.4 Å². The van der Waals surface area contributed by atoms with Gasteiger partial charge in [-0.2, -0.15) is 0 Å². The zero-order valence-electron chi connectivity index (χ0n) is 8.22. The summed E-state index contributed by atoms with van der Waals surface area (Å²) in [5, 5.41) is 0. The van der Waals surface area contributed by atoms with E-state index in [0.29, 0.717) is 0 Å². The van der Waals surface area contributed by atoms with Crippen molar-refractivity contribution in [1.29, 1.82) is 0 Å². The number of nitrogen functional groups attached to an aromatic ring is 2. The van der Waals surface area contributed by atoms with E-state index in [9.17, 15) is 0 Å². The number of hydrogen-bond acceptors (Lipinski definition) is 2. The molecule has 0 aliphatic heterocycles. The van der Waals surface area contributed by atoms with E-state index in [0.717, 1.165) is 11.4 Å². The Morgan fingerprint density at radius 1 is 0.733 bits per heavy atom. The second kappa shape index (κ2) is 4.63. The van der Waals surface area contributed by atoms with Crippen LogP contribution in [-0.2, 0) is 0 Å². The second-order valence-electron chi connectivity index (χ2n) is 3.30. The van der Waals surface area contributed by atoms with Gasteiger partial charge in [-0.3, -0.25) is 0 Å². The molecule has 0 bridgehead atoms. The van der Waals surface area contributed by atoms with Gasteiger partial charge in [-0.05, 0) is 0 Å². The van der Waals surface area contributed by atoms with Crippen molar-refractivity contribution in [2.24, 2.45) is 0 Å². The predicted molar refractivity (Wildman–Crippen MR) is 66.7 cm³/mol. The van der Waals surface area contributed by atoms with Gasteiger partial charge >= 0.3 is 101 Å². The summed E-state index contributed by atoms with van der Waals surface area (Å²) in [7, 11) is 0. The molecule has 2 nitrogen and oxygen atoms in total. The fourth-order valence-corrected chi connectivity index (χ4v) is 5.41. The van der Waals surface area contributed by atoms with Crippen LogP contribution >= 0.6 is 0 Å². The number of rotatable bonds is 2. The van der Waals surface area contributed by atoms with Gasteiger partial charge in [0.15, 0.2) is 0 Å². The summed E-state index contributed by atoms with van der Waals surface area (Å²) in [6.45, 7) is 0. The molecule has 15 heavy (non-hydrogen) atoms. The average Bonchev–Trinajstić information content (AvgIpc) is 2.17. The van der Waals surface area contributed by atoms with E-state index < -0.39 is 23.2 Å². The fourth-order valence-electron chi connectivity index (χ4n) is 1.34. The molecule has 2 aromatic carbocycles. The summed E-state index contributed by atoms with van der Waals surface area (Å²) in [5.74, 6) is 0. The molecular weight excluding hydrogens is 381 g/mol. The maximum atomic E-state index is 5.75. The second-order valence-corrected chi connectivity index (χ2v) is 8.19. The molecule has 0 saturated carbocycles. The first-order valence-electron chi connectivity index (χ1n) is 4.67. The molecule has 2 aromatic rings. The van der Waals surface area contributed by atoms with Crippen molar-refractivity contribution in [1.82, 2.24) is 0 Å². The third kappa shape index (κ3) is 2.93. The van der Waals surface area contributed by atoms with Crippen LogP contribution in [0, 0.1) is 0 Å². The van der Waals surface area contributed by atoms with E-state index in [-0.39, 0.29) is 0 Å². The standard InChI is InChI=1S/2C6H6N.Bi/c2*7-6-4-2-1-3-5-6;/h2*1-2,4-5H,7H2;. The van der Waals surface area contributed by atoms with Gasteiger partial charge in [0.1, 0.15) is 0 Å². The summed E-state index contributed by atoms with van der Waals surface area (Å²) < 4.78 is 2.78. The summed E-state index contributed by atoms with van der Waals surface area (Å²) in [6, 6.07) is 16.3. The van der Waals surface area contributed by atoms with E-state index in [1.54, 1.807) is 0 Å². The quantitative estimate of drug-likeness (QED) is 0.577. The van der Waals surface area contributed by atoms with Crippen LogP contribution < -0.4 is 18.0 Å². The van der Waals surface area contributed by atoms with Crippen LogP contribution in [0.2, 0.25) is 0 Å². The SMILES string of the molecule is Nc1ccc[c]([Bi][c]2cccc(N)c2)c1. The minimum absolute atomic E-state index is 0.829. The molecule has 3 heteroatoms. The van der Waals surface area contributed by atoms with Gasteiger partial charge in [0.2, 0.25) is 0 Å². The van der Waals surface area contributed by atoms with Crippen molar-refractivity contribution in [2.45, 2.75) is 0 Å². The van der Waals surface area contributed by atoms with Crippen molar-refractivity contribution in [3.63, 3.8) is 0 Å². The molecular formula is C12H12BiN2. The Labute approximate surface area is 101 Å². The monoisotopic (exact) mass is 393 g/mol. The van der Waals surface area contributed by atoms with Crippen LogP contribution in [0.25, 0.3) is 0 Å². The van der Waals surface area contributed by atoms with Crippen molar-refractivity contribution in [3.8, 4) is 0 Å². The Morgan fingerprint density at radius 2 is 1.20 bits per heavy atom. The van der Waals surface area contributed by atoms with E-state index in [2.05, 4.69) is 24.3 Å². The van der Waals surface area contributed by atoms with Crippen molar-refractivity contribution < 1.29 is 0 Å². The van der Waals surface area contributed by atoms with Gasteiger partial charge in [-0.1, -0.05) is 0 Å². The molecule has 2 rings (SSSR count). The molecule has 0 aliphatic rings. The molecule has 0 aromatic heterocycles. The molecule has 4 N–H and O–H groups in total. The zero-order chi connectivity index (χ0) is 10.7. The molecule has 0 aliphatic carbocycles. The third-order valence-corrected chi connectivity index (χ3v) is 6.17. The van der Waals surface area contributed by atoms with Crippen LogP contribution in [0.5, 0.6) is 0 Å². The topological polar surface area (TPSA) is 52.0 Å². The minimum atomic E-state index is -0.829. The van der Waals surface area contributed by atoms with Crippen molar-refractivity contribution in [2.75, 3.05) is 11.5 Å². The summed E-state index contributed by atoms with van der Waals surface area (Å²) in [4.78, 5) is 0. The van der Waals surface area contributed by atoms with Crippen molar-refractivity contribution >= 4 is 41.2 Å². The van der Waals surface area contributed by atoms with Crippen LogP contribution in [0.3, 0.4) is 0 Å². The number of nitrogens with two attached hydrogens (primary N) is 2. The van der Waals surface area contributed by atoms with Crippen LogP contribution in [-0.4, -0.2) is 23.2 Å². The number of anilines is 2. The summed E-state index contributed by atoms with van der Waals surface area (Å²) in [5.41, 5.74) is 13.2. The Balaban J connectivity index is 2.22. The first-order valence-corrected chi connectivity index (χ1v) is 8.14. The van der Waals surface area contributed by atoms with Gasteiger partial charge in [-0.25, -0.2) is 0 Å². The normalized spacial score (nSPS) is 10.1. The molecule has 75 valence electrons. The molecule has 0 saturated heterocycles. The first-order chi connectivity index (χ1) is 7.24. The average molecular weight is 393 g/mol. The van der Waals surface area contributed by atoms with Gasteiger partial charge in [0.05, 0.1) is 0 Å². The molecule has 0 atom stereocenters. The Bertz CT molecular complexity index is 425. The number of benzene rings is 2. The molecule has 0 fully saturated rings. The molecule has 0 heterocycles. The van der Waals surface area contributed by atoms with Crippen LogP contribution in [0.15, 0.2) is 48.5 Å². The molecule has 0 spiro atoms. The third-order valence-electron chi connectivity index (χ3n) is 2.00. The molecule has 1 radical (unpaired) electrons. The van der Waals surface area contributed by atoms with E-state index >= 15 is 0 Å². The van der Waals surface area contributed by atoms with Gasteiger partial charge in [0, 0.05) is 0 Å². The molecule has 0 unspecified atom stereocenters. The van der Waals surface area contributed by atoms with Gasteiger partial charge in [-0.15, -0.1) is 0 Å². The summed E-state index contributed by atoms with van der Waals surface area (Å²) >= 11 is -0.829. The zero-order valence-corrected chi connectivity index (χ0v) is 11.7. The van der Waals surface area contributed by atoms with E-state index in [1.807, 2.05) is 24.3 Å². The Morgan fingerprint density at radius 3 is 1.60 bits per heavy atom. The molecule has 0 amide bonds. The van der Waals surface area contributed by atoms with E-state index in [4.69, 9.17) is 11.5 Å².